The third kappa shape index (κ3) is 3.79. The van der Waals surface area contributed by atoms with E-state index in [1.807, 2.05) is 24.3 Å². The van der Waals surface area contributed by atoms with Crippen LogP contribution in [0.4, 0.5) is 4.39 Å². The molecule has 3 heterocycles. The Morgan fingerprint density at radius 2 is 1.91 bits per heavy atom. The van der Waals surface area contributed by atoms with Crippen molar-refractivity contribution in [3.63, 3.8) is 0 Å². The Balaban J connectivity index is 1.77. The van der Waals surface area contributed by atoms with Crippen molar-refractivity contribution in [3.8, 4) is 5.75 Å². The summed E-state index contributed by atoms with van der Waals surface area (Å²) in [4.78, 5) is 40.5. The summed E-state index contributed by atoms with van der Waals surface area (Å²) >= 11 is 1.62. The SMILES string of the molecule is CC1SC=C(CN2CN(Cc3ccc(F)cc3)C(=O)c3c(O)c(=O)c(C(=O)O)cn32)N1C. The number of carboxylic acid groups (broad SMARTS) is 1. The number of rotatable bonds is 5. The van der Waals surface area contributed by atoms with Gasteiger partial charge in [0.2, 0.25) is 5.43 Å². The van der Waals surface area contributed by atoms with E-state index < -0.39 is 34.4 Å². The summed E-state index contributed by atoms with van der Waals surface area (Å²) in [7, 11) is 1.92. The molecule has 1 amide bonds. The van der Waals surface area contributed by atoms with E-state index in [-0.39, 0.29) is 24.3 Å². The molecular weight excluding hydrogens is 439 g/mol. The van der Waals surface area contributed by atoms with E-state index in [4.69, 9.17) is 0 Å². The number of hydrogen-bond acceptors (Lipinski definition) is 7. The first-order valence-electron chi connectivity index (χ1n) is 9.75. The highest BCUT2D eigenvalue weighted by Gasteiger charge is 2.35. The third-order valence-corrected chi connectivity index (χ3v) is 6.67. The van der Waals surface area contributed by atoms with E-state index in [0.29, 0.717) is 12.1 Å². The van der Waals surface area contributed by atoms with Gasteiger partial charge >= 0.3 is 5.97 Å². The molecule has 9 nitrogen and oxygen atoms in total. The first-order chi connectivity index (χ1) is 15.2. The van der Waals surface area contributed by atoms with Crippen LogP contribution in [0, 0.1) is 5.82 Å². The van der Waals surface area contributed by atoms with E-state index in [9.17, 15) is 29.0 Å². The third-order valence-electron chi connectivity index (χ3n) is 5.55. The number of aromatic carboxylic acids is 1. The van der Waals surface area contributed by atoms with Crippen LogP contribution in [-0.2, 0) is 6.54 Å². The molecule has 1 unspecified atom stereocenters. The minimum atomic E-state index is -1.50. The maximum absolute atomic E-state index is 13.3. The largest absolute Gasteiger partial charge is 0.502 e. The Bertz CT molecular complexity index is 1180. The predicted octanol–water partition coefficient (Wildman–Crippen LogP) is 1.81. The second-order valence-electron chi connectivity index (χ2n) is 7.61. The van der Waals surface area contributed by atoms with Gasteiger partial charge in [0, 0.05) is 25.5 Å². The number of aromatic nitrogens is 1. The minimum absolute atomic E-state index is 0.0643. The van der Waals surface area contributed by atoms with Gasteiger partial charge in [-0.2, -0.15) is 0 Å². The van der Waals surface area contributed by atoms with Gasteiger partial charge in [-0.15, -0.1) is 11.8 Å². The molecule has 0 saturated carbocycles. The summed E-state index contributed by atoms with van der Waals surface area (Å²) in [5.41, 5.74) is -0.469. The van der Waals surface area contributed by atoms with Crippen LogP contribution in [-0.4, -0.2) is 62.2 Å². The zero-order valence-electron chi connectivity index (χ0n) is 17.4. The summed E-state index contributed by atoms with van der Waals surface area (Å²) in [6.07, 6.45) is 1.07. The van der Waals surface area contributed by atoms with Crippen LogP contribution in [0.3, 0.4) is 0 Å². The number of amides is 1. The van der Waals surface area contributed by atoms with Crippen molar-refractivity contribution in [2.24, 2.45) is 0 Å². The molecule has 0 radical (unpaired) electrons. The minimum Gasteiger partial charge on any atom is -0.502 e. The molecule has 0 saturated heterocycles. The maximum atomic E-state index is 13.3. The molecule has 0 spiro atoms. The lowest BCUT2D eigenvalue weighted by molar-refractivity contribution is 0.0656. The van der Waals surface area contributed by atoms with Crippen molar-refractivity contribution in [2.75, 3.05) is 25.3 Å². The molecule has 4 rings (SSSR count). The Morgan fingerprint density at radius 3 is 2.50 bits per heavy atom. The molecule has 2 aromatic rings. The summed E-state index contributed by atoms with van der Waals surface area (Å²) in [6, 6.07) is 5.67. The Kier molecular flexibility index (Phi) is 5.59. The highest BCUT2D eigenvalue weighted by Crippen LogP contribution is 2.30. The van der Waals surface area contributed by atoms with Gasteiger partial charge in [-0.1, -0.05) is 12.1 Å². The Morgan fingerprint density at radius 1 is 1.22 bits per heavy atom. The Hall–Kier alpha value is -3.47. The number of aromatic hydroxyl groups is 1. The standard InChI is InChI=1S/C21H21FN4O5S/c1-12-23(2)15(10-32-12)8-25-11-24(7-13-3-5-14(22)6-4-13)20(29)17-19(28)18(27)16(21(30)31)9-26(17)25/h3-6,9-10,12,28H,7-8,11H2,1-2H3,(H,30,31). The van der Waals surface area contributed by atoms with Crippen molar-refractivity contribution >= 4 is 23.6 Å². The van der Waals surface area contributed by atoms with Crippen molar-refractivity contribution in [2.45, 2.75) is 18.8 Å². The van der Waals surface area contributed by atoms with Gasteiger partial charge in [-0.3, -0.25) is 19.3 Å². The van der Waals surface area contributed by atoms with Crippen molar-refractivity contribution in [3.05, 3.63) is 74.4 Å². The van der Waals surface area contributed by atoms with Gasteiger partial charge in [0.25, 0.3) is 5.91 Å². The lowest BCUT2D eigenvalue weighted by atomic mass is 10.1. The van der Waals surface area contributed by atoms with Crippen LogP contribution >= 0.6 is 11.8 Å². The number of fused-ring (bicyclic) bond motifs is 1. The van der Waals surface area contributed by atoms with Crippen molar-refractivity contribution in [1.29, 1.82) is 0 Å². The van der Waals surface area contributed by atoms with Crippen LogP contribution in [0.5, 0.6) is 5.75 Å². The van der Waals surface area contributed by atoms with E-state index >= 15 is 0 Å². The van der Waals surface area contributed by atoms with Crippen LogP contribution in [0.2, 0.25) is 0 Å². The number of carbonyl (C=O) groups is 2. The second-order valence-corrected chi connectivity index (χ2v) is 8.80. The first-order valence-corrected chi connectivity index (χ1v) is 10.7. The molecule has 2 N–H and O–H groups in total. The number of benzene rings is 1. The fourth-order valence-corrected chi connectivity index (χ4v) is 4.53. The summed E-state index contributed by atoms with van der Waals surface area (Å²) in [5.74, 6) is -3.45. The zero-order chi connectivity index (χ0) is 23.2. The van der Waals surface area contributed by atoms with Crippen molar-refractivity contribution < 1.29 is 24.2 Å². The summed E-state index contributed by atoms with van der Waals surface area (Å²) in [5, 5.41) is 23.7. The van der Waals surface area contributed by atoms with Crippen LogP contribution < -0.4 is 10.4 Å². The van der Waals surface area contributed by atoms with Gasteiger partial charge in [0.05, 0.1) is 11.9 Å². The van der Waals surface area contributed by atoms with E-state index in [0.717, 1.165) is 11.9 Å². The van der Waals surface area contributed by atoms with Gasteiger partial charge in [0.15, 0.2) is 11.4 Å². The highest BCUT2D eigenvalue weighted by molar-refractivity contribution is 8.02. The zero-order valence-corrected chi connectivity index (χ0v) is 18.2. The quantitative estimate of drug-likeness (QED) is 0.696. The van der Waals surface area contributed by atoms with Crippen LogP contribution in [0.25, 0.3) is 0 Å². The molecule has 1 aromatic carbocycles. The first kappa shape index (κ1) is 21.8. The average molecular weight is 460 g/mol. The lowest BCUT2D eigenvalue weighted by Crippen LogP contribution is -2.55. The monoisotopic (exact) mass is 460 g/mol. The molecular formula is C21H21FN4O5S. The van der Waals surface area contributed by atoms with Crippen LogP contribution in [0.1, 0.15) is 33.3 Å². The number of hydrogen-bond donors (Lipinski definition) is 2. The number of pyridine rings is 1. The molecule has 1 atom stereocenters. The predicted molar refractivity (Wildman–Crippen MR) is 116 cm³/mol. The van der Waals surface area contributed by atoms with Gasteiger partial charge in [-0.05, 0) is 30.0 Å². The molecule has 2 aliphatic heterocycles. The molecule has 0 bridgehead atoms. The topological polar surface area (TPSA) is 106 Å². The molecule has 168 valence electrons. The molecule has 11 heteroatoms. The Labute approximate surface area is 186 Å². The normalized spacial score (nSPS) is 18.1. The number of nitrogens with zero attached hydrogens (tertiary/aromatic N) is 4. The average Bonchev–Trinajstić information content (AvgIpc) is 3.06. The molecule has 2 aliphatic rings. The fraction of sp³-hybridized carbons (Fsp3) is 0.286. The number of carboxylic acids is 1. The lowest BCUT2D eigenvalue weighted by Gasteiger charge is -2.40. The maximum Gasteiger partial charge on any atom is 0.341 e. The summed E-state index contributed by atoms with van der Waals surface area (Å²) in [6.45, 7) is 2.52. The van der Waals surface area contributed by atoms with Crippen LogP contribution in [0.15, 0.2) is 46.4 Å². The van der Waals surface area contributed by atoms with E-state index in [1.165, 1.54) is 21.7 Å². The second kappa shape index (κ2) is 8.23. The fourth-order valence-electron chi connectivity index (χ4n) is 3.62. The van der Waals surface area contributed by atoms with Crippen molar-refractivity contribution in [1.82, 2.24) is 14.5 Å². The van der Waals surface area contributed by atoms with Gasteiger partial charge in [-0.25, -0.2) is 9.18 Å². The molecule has 1 aromatic heterocycles. The van der Waals surface area contributed by atoms with Gasteiger partial charge in [0.1, 0.15) is 18.0 Å². The number of likely N-dealkylation sites (N-methyl/N-ethyl adjacent to an activating group) is 1. The van der Waals surface area contributed by atoms with E-state index in [2.05, 4.69) is 0 Å². The summed E-state index contributed by atoms with van der Waals surface area (Å²) < 4.78 is 14.5. The highest BCUT2D eigenvalue weighted by atomic mass is 32.2. The van der Waals surface area contributed by atoms with Gasteiger partial charge < -0.3 is 20.0 Å². The molecule has 0 fully saturated rings. The number of halogens is 1. The van der Waals surface area contributed by atoms with E-state index in [1.54, 1.807) is 28.9 Å². The number of carbonyl (C=O) groups excluding carboxylic acids is 1. The smallest absolute Gasteiger partial charge is 0.341 e. The number of thioether (sulfide) groups is 1. The molecule has 0 aliphatic carbocycles. The molecule has 32 heavy (non-hydrogen) atoms.